The van der Waals surface area contributed by atoms with Gasteiger partial charge >= 0.3 is 0 Å². The Hall–Kier alpha value is -1.62. The SMILES string of the molecule is COCC(C)(C)NC(=O)c1c(O)cccc1F. The number of rotatable bonds is 4. The molecule has 1 aromatic carbocycles. The van der Waals surface area contributed by atoms with Gasteiger partial charge in [-0.15, -0.1) is 0 Å². The van der Waals surface area contributed by atoms with E-state index in [1.807, 2.05) is 0 Å². The third kappa shape index (κ3) is 3.42. The first kappa shape index (κ1) is 13.4. The third-order valence-electron chi connectivity index (χ3n) is 2.18. The molecule has 0 spiro atoms. The molecule has 5 heteroatoms. The number of ether oxygens (including phenoxy) is 1. The van der Waals surface area contributed by atoms with Gasteiger partial charge in [-0.05, 0) is 26.0 Å². The molecular weight excluding hydrogens is 225 g/mol. The van der Waals surface area contributed by atoms with Crippen LogP contribution in [0, 0.1) is 5.82 Å². The van der Waals surface area contributed by atoms with E-state index in [0.29, 0.717) is 0 Å². The Morgan fingerprint density at radius 2 is 2.18 bits per heavy atom. The van der Waals surface area contributed by atoms with Crippen LogP contribution in [0.4, 0.5) is 4.39 Å². The fourth-order valence-electron chi connectivity index (χ4n) is 1.50. The zero-order valence-corrected chi connectivity index (χ0v) is 10.1. The Bertz CT molecular complexity index is 398. The lowest BCUT2D eigenvalue weighted by atomic mass is 10.1. The normalized spacial score (nSPS) is 11.3. The van der Waals surface area contributed by atoms with Crippen LogP contribution in [0.2, 0.25) is 0 Å². The molecule has 0 saturated heterocycles. The van der Waals surface area contributed by atoms with Gasteiger partial charge in [0.05, 0.1) is 12.1 Å². The predicted molar refractivity (Wildman–Crippen MR) is 61.5 cm³/mol. The highest BCUT2D eigenvalue weighted by molar-refractivity contribution is 5.97. The first-order valence-electron chi connectivity index (χ1n) is 5.16. The number of hydrogen-bond donors (Lipinski definition) is 2. The van der Waals surface area contributed by atoms with Crippen LogP contribution in [0.1, 0.15) is 24.2 Å². The molecule has 0 heterocycles. The molecule has 0 saturated carbocycles. The van der Waals surface area contributed by atoms with Crippen LogP contribution >= 0.6 is 0 Å². The van der Waals surface area contributed by atoms with Gasteiger partial charge in [0, 0.05) is 7.11 Å². The molecule has 4 nitrogen and oxygen atoms in total. The van der Waals surface area contributed by atoms with Gasteiger partial charge in [-0.2, -0.15) is 0 Å². The number of hydrogen-bond acceptors (Lipinski definition) is 3. The first-order valence-corrected chi connectivity index (χ1v) is 5.16. The molecule has 0 bridgehead atoms. The monoisotopic (exact) mass is 241 g/mol. The lowest BCUT2D eigenvalue weighted by molar-refractivity contribution is 0.0813. The van der Waals surface area contributed by atoms with Crippen LogP contribution in [0.3, 0.4) is 0 Å². The summed E-state index contributed by atoms with van der Waals surface area (Å²) in [5.74, 6) is -1.80. The minimum Gasteiger partial charge on any atom is -0.507 e. The minimum atomic E-state index is -0.754. The van der Waals surface area contributed by atoms with E-state index < -0.39 is 17.3 Å². The van der Waals surface area contributed by atoms with Gasteiger partial charge in [-0.3, -0.25) is 4.79 Å². The third-order valence-corrected chi connectivity index (χ3v) is 2.18. The number of carbonyl (C=O) groups excluding carboxylic acids is 1. The zero-order valence-electron chi connectivity index (χ0n) is 10.1. The second-order valence-electron chi connectivity index (χ2n) is 4.40. The van der Waals surface area contributed by atoms with Crippen molar-refractivity contribution >= 4 is 5.91 Å². The van der Waals surface area contributed by atoms with Gasteiger partial charge < -0.3 is 15.2 Å². The Labute approximate surface area is 99.4 Å². The molecule has 0 aliphatic carbocycles. The number of methoxy groups -OCH3 is 1. The smallest absolute Gasteiger partial charge is 0.258 e. The molecule has 0 aromatic heterocycles. The summed E-state index contributed by atoms with van der Waals surface area (Å²) < 4.78 is 18.3. The maximum atomic E-state index is 13.4. The molecule has 94 valence electrons. The Balaban J connectivity index is 2.91. The Morgan fingerprint density at radius 1 is 1.53 bits per heavy atom. The van der Waals surface area contributed by atoms with Gasteiger partial charge in [-0.1, -0.05) is 6.07 Å². The van der Waals surface area contributed by atoms with Gasteiger partial charge in [0.25, 0.3) is 5.91 Å². The molecular formula is C12H16FNO3. The second-order valence-corrected chi connectivity index (χ2v) is 4.40. The summed E-state index contributed by atoms with van der Waals surface area (Å²) in [5, 5.41) is 12.0. The molecule has 2 N–H and O–H groups in total. The van der Waals surface area contributed by atoms with Gasteiger partial charge in [-0.25, -0.2) is 4.39 Å². The number of nitrogens with one attached hydrogen (secondary N) is 1. The van der Waals surface area contributed by atoms with Crippen LogP contribution in [0.25, 0.3) is 0 Å². The Kier molecular flexibility index (Phi) is 4.07. The van der Waals surface area contributed by atoms with Crippen LogP contribution in [0.5, 0.6) is 5.75 Å². The number of aromatic hydroxyl groups is 1. The van der Waals surface area contributed by atoms with E-state index in [-0.39, 0.29) is 17.9 Å². The highest BCUT2D eigenvalue weighted by Gasteiger charge is 2.24. The maximum absolute atomic E-state index is 13.4. The summed E-state index contributed by atoms with van der Waals surface area (Å²) in [5.41, 5.74) is -0.989. The van der Waals surface area contributed by atoms with Crippen molar-refractivity contribution in [2.75, 3.05) is 13.7 Å². The lowest BCUT2D eigenvalue weighted by Crippen LogP contribution is -2.47. The van der Waals surface area contributed by atoms with E-state index in [0.717, 1.165) is 6.07 Å². The van der Waals surface area contributed by atoms with Crippen molar-refractivity contribution in [1.29, 1.82) is 0 Å². The summed E-state index contributed by atoms with van der Waals surface area (Å²) in [6, 6.07) is 3.72. The highest BCUT2D eigenvalue weighted by atomic mass is 19.1. The van der Waals surface area contributed by atoms with Crippen LogP contribution in [-0.4, -0.2) is 30.3 Å². The summed E-state index contributed by atoms with van der Waals surface area (Å²) in [4.78, 5) is 11.8. The van der Waals surface area contributed by atoms with Crippen LogP contribution in [0.15, 0.2) is 18.2 Å². The van der Waals surface area contributed by atoms with Gasteiger partial charge in [0.15, 0.2) is 0 Å². The quantitative estimate of drug-likeness (QED) is 0.843. The molecule has 0 aliphatic rings. The molecule has 0 radical (unpaired) electrons. The number of phenols is 1. The van der Waals surface area contributed by atoms with Crippen molar-refractivity contribution in [2.24, 2.45) is 0 Å². The van der Waals surface area contributed by atoms with Crippen molar-refractivity contribution < 1.29 is 19.0 Å². The van der Waals surface area contributed by atoms with Crippen LogP contribution in [-0.2, 0) is 4.74 Å². The molecule has 1 rings (SSSR count). The molecule has 1 amide bonds. The van der Waals surface area contributed by atoms with Crippen molar-refractivity contribution in [3.8, 4) is 5.75 Å². The van der Waals surface area contributed by atoms with Crippen molar-refractivity contribution in [1.82, 2.24) is 5.32 Å². The van der Waals surface area contributed by atoms with E-state index in [1.54, 1.807) is 13.8 Å². The summed E-state index contributed by atoms with van der Waals surface area (Å²) >= 11 is 0. The average molecular weight is 241 g/mol. The summed E-state index contributed by atoms with van der Waals surface area (Å²) in [6.07, 6.45) is 0. The van der Waals surface area contributed by atoms with Crippen molar-refractivity contribution in [3.63, 3.8) is 0 Å². The first-order chi connectivity index (χ1) is 7.87. The standard InChI is InChI=1S/C12H16FNO3/c1-12(2,7-17-3)14-11(16)10-8(13)5-4-6-9(10)15/h4-6,15H,7H2,1-3H3,(H,14,16). The molecule has 17 heavy (non-hydrogen) atoms. The summed E-state index contributed by atoms with van der Waals surface area (Å²) in [7, 11) is 1.51. The molecule has 0 fully saturated rings. The fourth-order valence-corrected chi connectivity index (χ4v) is 1.50. The van der Waals surface area contributed by atoms with Crippen molar-refractivity contribution in [3.05, 3.63) is 29.6 Å². The number of phenolic OH excluding ortho intramolecular Hbond substituents is 1. The average Bonchev–Trinajstić information content (AvgIpc) is 2.15. The van der Waals surface area contributed by atoms with E-state index in [1.165, 1.54) is 19.2 Å². The number of amides is 1. The van der Waals surface area contributed by atoms with E-state index in [9.17, 15) is 14.3 Å². The van der Waals surface area contributed by atoms with Gasteiger partial charge in [0.2, 0.25) is 0 Å². The zero-order chi connectivity index (χ0) is 13.1. The summed E-state index contributed by atoms with van der Waals surface area (Å²) in [6.45, 7) is 3.77. The van der Waals surface area contributed by atoms with Gasteiger partial charge in [0.1, 0.15) is 17.1 Å². The number of halogens is 1. The molecule has 0 unspecified atom stereocenters. The Morgan fingerprint density at radius 3 is 2.71 bits per heavy atom. The predicted octanol–water partition coefficient (Wildman–Crippen LogP) is 1.69. The van der Waals surface area contributed by atoms with E-state index >= 15 is 0 Å². The van der Waals surface area contributed by atoms with Crippen LogP contribution < -0.4 is 5.32 Å². The van der Waals surface area contributed by atoms with E-state index in [4.69, 9.17) is 4.74 Å². The molecule has 1 aromatic rings. The second kappa shape index (κ2) is 5.14. The van der Waals surface area contributed by atoms with E-state index in [2.05, 4.69) is 5.32 Å². The fraction of sp³-hybridized carbons (Fsp3) is 0.417. The highest BCUT2D eigenvalue weighted by Crippen LogP contribution is 2.20. The number of carbonyl (C=O) groups is 1. The number of benzene rings is 1. The van der Waals surface area contributed by atoms with Crippen molar-refractivity contribution in [2.45, 2.75) is 19.4 Å². The largest absolute Gasteiger partial charge is 0.507 e. The minimum absolute atomic E-state index is 0.286. The maximum Gasteiger partial charge on any atom is 0.258 e. The lowest BCUT2D eigenvalue weighted by Gasteiger charge is -2.25. The molecule has 0 atom stereocenters. The molecule has 0 aliphatic heterocycles. The topological polar surface area (TPSA) is 58.6 Å².